The maximum absolute atomic E-state index is 12.2. The molecule has 1 aliphatic rings. The van der Waals surface area contributed by atoms with Crippen molar-refractivity contribution in [2.75, 3.05) is 5.32 Å². The van der Waals surface area contributed by atoms with E-state index in [9.17, 15) is 4.79 Å². The molecule has 2 aromatic heterocycles. The summed E-state index contributed by atoms with van der Waals surface area (Å²) in [6, 6.07) is 2.43. The van der Waals surface area contributed by atoms with Crippen LogP contribution in [0.4, 0.5) is 5.69 Å². The summed E-state index contributed by atoms with van der Waals surface area (Å²) >= 11 is 5.20. The molecule has 3 rings (SSSR count). The molecule has 1 N–H and O–H groups in total. The van der Waals surface area contributed by atoms with Gasteiger partial charge < -0.3 is 5.32 Å². The molecule has 110 valence electrons. The smallest absolute Gasteiger partial charge is 0.283 e. The van der Waals surface area contributed by atoms with Gasteiger partial charge in [-0.05, 0) is 52.2 Å². The first kappa shape index (κ1) is 14.5. The van der Waals surface area contributed by atoms with Crippen molar-refractivity contribution in [3.05, 3.63) is 55.6 Å². The largest absolute Gasteiger partial charge is 0.376 e. The highest BCUT2D eigenvalue weighted by Crippen LogP contribution is 2.36. The molecule has 0 bridgehead atoms. The van der Waals surface area contributed by atoms with E-state index >= 15 is 0 Å². The average molecular weight is 366 g/mol. The first-order chi connectivity index (χ1) is 10.2. The number of aromatic nitrogens is 2. The van der Waals surface area contributed by atoms with E-state index in [1.165, 1.54) is 21.5 Å². The number of hydrogen-bond acceptors (Lipinski definition) is 4. The van der Waals surface area contributed by atoms with Crippen LogP contribution in [0.5, 0.6) is 0 Å². The second-order valence-corrected chi connectivity index (χ2v) is 6.83. The van der Waals surface area contributed by atoms with Gasteiger partial charge in [0.05, 0.1) is 24.5 Å². The van der Waals surface area contributed by atoms with Crippen molar-refractivity contribution in [3.63, 3.8) is 0 Å². The van der Waals surface area contributed by atoms with Crippen LogP contribution in [-0.2, 0) is 13.0 Å². The van der Waals surface area contributed by atoms with Gasteiger partial charge in [0.2, 0.25) is 0 Å². The normalized spacial score (nSPS) is 17.3. The zero-order valence-electron chi connectivity index (χ0n) is 11.5. The lowest BCUT2D eigenvalue weighted by molar-refractivity contribution is 0.604. The van der Waals surface area contributed by atoms with E-state index in [1.807, 2.05) is 11.3 Å². The number of aryl methyl sites for hydroxylation is 1. The van der Waals surface area contributed by atoms with Crippen molar-refractivity contribution >= 4 is 33.0 Å². The Morgan fingerprint density at radius 1 is 1.62 bits per heavy atom. The molecule has 21 heavy (non-hydrogen) atoms. The minimum absolute atomic E-state index is 0.138. The molecule has 2 aromatic rings. The van der Waals surface area contributed by atoms with Crippen LogP contribution in [0.25, 0.3) is 0 Å². The number of allylic oxidation sites excluding steroid dienone is 1. The van der Waals surface area contributed by atoms with Crippen molar-refractivity contribution in [2.45, 2.75) is 31.8 Å². The molecule has 4 nitrogen and oxygen atoms in total. The summed E-state index contributed by atoms with van der Waals surface area (Å²) in [5.41, 5.74) is 1.97. The van der Waals surface area contributed by atoms with Gasteiger partial charge in [-0.2, -0.15) is 5.10 Å². The van der Waals surface area contributed by atoms with E-state index < -0.39 is 0 Å². The van der Waals surface area contributed by atoms with E-state index in [-0.39, 0.29) is 11.6 Å². The molecule has 0 aliphatic heterocycles. The van der Waals surface area contributed by atoms with Gasteiger partial charge in [0, 0.05) is 4.88 Å². The molecule has 1 atom stereocenters. The van der Waals surface area contributed by atoms with Gasteiger partial charge >= 0.3 is 0 Å². The van der Waals surface area contributed by atoms with Crippen LogP contribution in [0.2, 0.25) is 0 Å². The van der Waals surface area contributed by atoms with Crippen molar-refractivity contribution in [2.24, 2.45) is 0 Å². The first-order valence-electron chi connectivity index (χ1n) is 6.90. The van der Waals surface area contributed by atoms with Crippen molar-refractivity contribution in [1.82, 2.24) is 9.78 Å². The van der Waals surface area contributed by atoms with E-state index in [2.05, 4.69) is 44.4 Å². The molecule has 1 unspecified atom stereocenters. The number of hydrogen-bond donors (Lipinski definition) is 1. The van der Waals surface area contributed by atoms with Gasteiger partial charge in [-0.3, -0.25) is 4.79 Å². The lowest BCUT2D eigenvalue weighted by Crippen LogP contribution is -2.25. The van der Waals surface area contributed by atoms with Crippen LogP contribution in [0.15, 0.2) is 39.6 Å². The van der Waals surface area contributed by atoms with E-state index in [1.54, 1.807) is 12.3 Å². The number of halogens is 1. The van der Waals surface area contributed by atoms with Crippen molar-refractivity contribution < 1.29 is 0 Å². The van der Waals surface area contributed by atoms with E-state index in [4.69, 9.17) is 0 Å². The number of nitrogens with zero attached hydrogens (tertiary/aromatic N) is 2. The summed E-state index contributed by atoms with van der Waals surface area (Å²) < 4.78 is 1.92. The summed E-state index contributed by atoms with van der Waals surface area (Å²) in [4.78, 5) is 13.6. The lowest BCUT2D eigenvalue weighted by atomic mass is 9.94. The fourth-order valence-electron chi connectivity index (χ4n) is 2.64. The molecular formula is C15H16BrN3OS. The Morgan fingerprint density at radius 3 is 3.29 bits per heavy atom. The van der Waals surface area contributed by atoms with Crippen molar-refractivity contribution in [1.29, 1.82) is 0 Å². The number of fused-ring (bicyclic) bond motifs is 1. The lowest BCUT2D eigenvalue weighted by Gasteiger charge is -2.25. The van der Waals surface area contributed by atoms with Gasteiger partial charge in [0.1, 0.15) is 4.47 Å². The van der Waals surface area contributed by atoms with E-state index in [0.717, 1.165) is 18.5 Å². The second kappa shape index (κ2) is 6.15. The predicted octanol–water partition coefficient (Wildman–Crippen LogP) is 3.74. The van der Waals surface area contributed by atoms with Gasteiger partial charge in [-0.1, -0.05) is 6.08 Å². The maximum atomic E-state index is 12.2. The SMILES string of the molecule is C=CCn1ncc(NC2CCCc3sccc32)c(Br)c1=O. The van der Waals surface area contributed by atoms with Crippen LogP contribution in [0, 0.1) is 0 Å². The Bertz CT molecular complexity index is 722. The maximum Gasteiger partial charge on any atom is 0.283 e. The third-order valence-corrected chi connectivity index (χ3v) is 5.43. The number of anilines is 1. The van der Waals surface area contributed by atoms with Gasteiger partial charge in [-0.25, -0.2) is 4.68 Å². The summed E-state index contributed by atoms with van der Waals surface area (Å²) in [5, 5.41) is 9.78. The van der Waals surface area contributed by atoms with Crippen LogP contribution in [-0.4, -0.2) is 9.78 Å². The summed E-state index contributed by atoms with van der Waals surface area (Å²) in [5.74, 6) is 0. The second-order valence-electron chi connectivity index (χ2n) is 5.04. The highest BCUT2D eigenvalue weighted by atomic mass is 79.9. The fourth-order valence-corrected chi connectivity index (χ4v) is 4.05. The Kier molecular flexibility index (Phi) is 4.26. The molecular weight excluding hydrogens is 350 g/mol. The quantitative estimate of drug-likeness (QED) is 0.839. The molecule has 0 spiro atoms. The Balaban J connectivity index is 1.88. The van der Waals surface area contributed by atoms with E-state index in [0.29, 0.717) is 11.0 Å². The molecule has 0 aromatic carbocycles. The third-order valence-electron chi connectivity index (χ3n) is 3.67. The number of rotatable bonds is 4. The monoisotopic (exact) mass is 365 g/mol. The average Bonchev–Trinajstić information content (AvgIpc) is 2.96. The Morgan fingerprint density at radius 2 is 2.48 bits per heavy atom. The Hall–Kier alpha value is -1.40. The molecule has 2 heterocycles. The molecule has 1 aliphatic carbocycles. The summed E-state index contributed by atoms with van der Waals surface area (Å²) in [6.45, 7) is 4.04. The van der Waals surface area contributed by atoms with Crippen molar-refractivity contribution in [3.8, 4) is 0 Å². The molecule has 0 fully saturated rings. The molecule has 0 amide bonds. The van der Waals surface area contributed by atoms with Crippen LogP contribution in [0.3, 0.4) is 0 Å². The number of thiophene rings is 1. The highest BCUT2D eigenvalue weighted by molar-refractivity contribution is 9.10. The topological polar surface area (TPSA) is 46.9 Å². The first-order valence-corrected chi connectivity index (χ1v) is 8.57. The molecule has 0 saturated carbocycles. The van der Waals surface area contributed by atoms with Gasteiger partial charge in [-0.15, -0.1) is 17.9 Å². The van der Waals surface area contributed by atoms with Crippen LogP contribution in [0.1, 0.15) is 29.3 Å². The van der Waals surface area contributed by atoms with Gasteiger partial charge in [0.15, 0.2) is 0 Å². The fraction of sp³-hybridized carbons (Fsp3) is 0.333. The minimum atomic E-state index is -0.138. The minimum Gasteiger partial charge on any atom is -0.376 e. The molecule has 0 radical (unpaired) electrons. The molecule has 6 heteroatoms. The summed E-state index contributed by atoms with van der Waals surface area (Å²) in [7, 11) is 0. The predicted molar refractivity (Wildman–Crippen MR) is 90.0 cm³/mol. The Labute approximate surface area is 135 Å². The summed E-state index contributed by atoms with van der Waals surface area (Å²) in [6.07, 6.45) is 6.77. The highest BCUT2D eigenvalue weighted by Gasteiger charge is 2.22. The number of nitrogens with one attached hydrogen (secondary N) is 1. The van der Waals surface area contributed by atoms with Crippen LogP contribution < -0.4 is 10.9 Å². The molecule has 0 saturated heterocycles. The zero-order valence-corrected chi connectivity index (χ0v) is 13.9. The van der Waals surface area contributed by atoms with Gasteiger partial charge in [0.25, 0.3) is 5.56 Å². The standard InChI is InChI=1S/C15H16BrN3OS/c1-2-7-19-15(20)14(16)12(9-17-19)18-11-4-3-5-13-10(11)6-8-21-13/h2,6,8-9,11,18H,1,3-5,7H2. The zero-order chi connectivity index (χ0) is 14.8. The van der Waals surface area contributed by atoms with Crippen LogP contribution >= 0.6 is 27.3 Å². The third kappa shape index (κ3) is 2.82.